The molecule has 0 radical (unpaired) electrons. The van der Waals surface area contributed by atoms with E-state index >= 15 is 0 Å². The molecule has 0 spiro atoms. The summed E-state index contributed by atoms with van der Waals surface area (Å²) in [5.74, 6) is 0.368. The van der Waals surface area contributed by atoms with E-state index in [-0.39, 0.29) is 17.6 Å². The van der Waals surface area contributed by atoms with E-state index < -0.39 is 0 Å². The quantitative estimate of drug-likeness (QED) is 0.848. The van der Waals surface area contributed by atoms with Gasteiger partial charge in [0.15, 0.2) is 5.69 Å². The van der Waals surface area contributed by atoms with Crippen molar-refractivity contribution in [2.45, 2.75) is 34.1 Å². The number of amides is 2. The van der Waals surface area contributed by atoms with Crippen LogP contribution in [0.4, 0.5) is 0 Å². The van der Waals surface area contributed by atoms with Gasteiger partial charge >= 0.3 is 0 Å². The molecule has 2 amide bonds. The van der Waals surface area contributed by atoms with Crippen molar-refractivity contribution in [3.05, 3.63) is 35.9 Å². The number of fused-ring (bicyclic) bond motifs is 1. The number of nitrogens with zero attached hydrogens (tertiary/aromatic N) is 3. The van der Waals surface area contributed by atoms with E-state index in [9.17, 15) is 9.59 Å². The number of aromatic nitrogens is 2. The first-order valence-corrected chi connectivity index (χ1v) is 8.54. The molecule has 6 heteroatoms. The van der Waals surface area contributed by atoms with Crippen molar-refractivity contribution in [3.8, 4) is 0 Å². The first-order valence-electron chi connectivity index (χ1n) is 8.54. The summed E-state index contributed by atoms with van der Waals surface area (Å²) < 4.78 is 1.68. The van der Waals surface area contributed by atoms with Gasteiger partial charge in [0.25, 0.3) is 11.8 Å². The Labute approximate surface area is 142 Å². The summed E-state index contributed by atoms with van der Waals surface area (Å²) in [6, 6.07) is 5.48. The fraction of sp³-hybridized carbons (Fsp3) is 0.500. The van der Waals surface area contributed by atoms with Crippen LogP contribution in [0.15, 0.2) is 24.4 Å². The van der Waals surface area contributed by atoms with Crippen LogP contribution in [0, 0.1) is 5.92 Å². The van der Waals surface area contributed by atoms with E-state index in [2.05, 4.69) is 24.1 Å². The van der Waals surface area contributed by atoms with E-state index in [1.807, 2.05) is 32.0 Å². The molecule has 2 aromatic rings. The number of hydrogen-bond acceptors (Lipinski definition) is 3. The monoisotopic (exact) mass is 330 g/mol. The van der Waals surface area contributed by atoms with Crippen molar-refractivity contribution in [2.75, 3.05) is 19.6 Å². The van der Waals surface area contributed by atoms with Crippen LogP contribution in [-0.4, -0.2) is 45.7 Å². The van der Waals surface area contributed by atoms with Gasteiger partial charge < -0.3 is 10.2 Å². The number of nitrogens with one attached hydrogen (secondary N) is 1. The lowest BCUT2D eigenvalue weighted by Crippen LogP contribution is -2.31. The highest BCUT2D eigenvalue weighted by molar-refractivity contribution is 6.02. The maximum absolute atomic E-state index is 12.7. The van der Waals surface area contributed by atoms with Crippen molar-refractivity contribution in [1.29, 1.82) is 0 Å². The van der Waals surface area contributed by atoms with Crippen LogP contribution in [0.2, 0.25) is 0 Å². The Morgan fingerprint density at radius 2 is 1.96 bits per heavy atom. The lowest BCUT2D eigenvalue weighted by molar-refractivity contribution is 0.0769. The minimum absolute atomic E-state index is 0.148. The zero-order valence-corrected chi connectivity index (χ0v) is 14.9. The molecule has 0 aliphatic heterocycles. The number of carbonyl (C=O) groups is 2. The van der Waals surface area contributed by atoms with Gasteiger partial charge in [-0.1, -0.05) is 19.9 Å². The molecule has 2 aromatic heterocycles. The minimum atomic E-state index is -0.254. The zero-order valence-electron chi connectivity index (χ0n) is 14.9. The van der Waals surface area contributed by atoms with Gasteiger partial charge in [-0.05, 0) is 38.3 Å². The largest absolute Gasteiger partial charge is 0.349 e. The molecule has 0 aliphatic carbocycles. The molecule has 0 fully saturated rings. The lowest BCUT2D eigenvalue weighted by Gasteiger charge is -2.17. The molecule has 2 rings (SSSR count). The third-order valence-corrected chi connectivity index (χ3v) is 4.01. The van der Waals surface area contributed by atoms with Crippen molar-refractivity contribution < 1.29 is 9.59 Å². The molecule has 0 atom stereocenters. The first-order chi connectivity index (χ1) is 11.5. The molecule has 0 saturated carbocycles. The van der Waals surface area contributed by atoms with Gasteiger partial charge in [-0.15, -0.1) is 0 Å². The summed E-state index contributed by atoms with van der Waals surface area (Å²) in [6.07, 6.45) is 2.67. The fourth-order valence-electron chi connectivity index (χ4n) is 2.57. The number of rotatable bonds is 7. The maximum Gasteiger partial charge on any atom is 0.287 e. The van der Waals surface area contributed by atoms with Crippen LogP contribution in [0.3, 0.4) is 0 Å². The van der Waals surface area contributed by atoms with Gasteiger partial charge in [0.05, 0.1) is 5.52 Å². The van der Waals surface area contributed by atoms with Crippen LogP contribution in [-0.2, 0) is 0 Å². The van der Waals surface area contributed by atoms with E-state index in [0.29, 0.717) is 36.8 Å². The molecule has 2 heterocycles. The summed E-state index contributed by atoms with van der Waals surface area (Å²) in [4.78, 5) is 31.2. The Bertz CT molecular complexity index is 717. The van der Waals surface area contributed by atoms with Crippen molar-refractivity contribution in [3.63, 3.8) is 0 Å². The van der Waals surface area contributed by atoms with E-state index in [4.69, 9.17) is 0 Å². The Morgan fingerprint density at radius 3 is 2.58 bits per heavy atom. The molecule has 6 nitrogen and oxygen atoms in total. The standard InChI is InChI=1S/C18H26N4O2/c1-5-21(6-2)18(24)15-14-9-7-8-12-22(14)16(20-15)17(23)19-11-10-13(3)4/h7-9,12-13H,5-6,10-11H2,1-4H3,(H,19,23). The predicted molar refractivity (Wildman–Crippen MR) is 94.2 cm³/mol. The summed E-state index contributed by atoms with van der Waals surface area (Å²) >= 11 is 0. The molecule has 24 heavy (non-hydrogen) atoms. The van der Waals surface area contributed by atoms with Gasteiger partial charge in [0.1, 0.15) is 0 Å². The Kier molecular flexibility index (Phi) is 5.95. The molecule has 0 aromatic carbocycles. The summed E-state index contributed by atoms with van der Waals surface area (Å²) in [6.45, 7) is 9.89. The van der Waals surface area contributed by atoms with Gasteiger partial charge in [0.2, 0.25) is 5.82 Å². The van der Waals surface area contributed by atoms with Gasteiger partial charge in [-0.3, -0.25) is 14.0 Å². The highest BCUT2D eigenvalue weighted by Gasteiger charge is 2.23. The Morgan fingerprint density at radius 1 is 1.25 bits per heavy atom. The van der Waals surface area contributed by atoms with Crippen LogP contribution >= 0.6 is 0 Å². The number of imidazole rings is 1. The van der Waals surface area contributed by atoms with Crippen LogP contribution in [0.25, 0.3) is 5.52 Å². The molecule has 130 valence electrons. The SMILES string of the molecule is CCN(CC)C(=O)c1nc(C(=O)NCCC(C)C)n2ccccc12. The molecule has 0 unspecified atom stereocenters. The molecule has 0 bridgehead atoms. The molecule has 0 saturated heterocycles. The van der Waals surface area contributed by atoms with Gasteiger partial charge in [-0.25, -0.2) is 4.98 Å². The molecular formula is C18H26N4O2. The summed E-state index contributed by atoms with van der Waals surface area (Å²) in [5.41, 5.74) is 0.983. The van der Waals surface area contributed by atoms with Gasteiger partial charge in [0, 0.05) is 25.8 Å². The molecule has 0 aliphatic rings. The Balaban J connectivity index is 2.35. The van der Waals surface area contributed by atoms with E-state index in [1.165, 1.54) is 0 Å². The predicted octanol–water partition coefficient (Wildman–Crippen LogP) is 2.59. The third kappa shape index (κ3) is 3.75. The first kappa shape index (κ1) is 18.0. The Hall–Kier alpha value is -2.37. The highest BCUT2D eigenvalue weighted by Crippen LogP contribution is 2.15. The zero-order chi connectivity index (χ0) is 17.7. The third-order valence-electron chi connectivity index (χ3n) is 4.01. The second kappa shape index (κ2) is 7.95. The summed E-state index contributed by atoms with van der Waals surface area (Å²) in [7, 11) is 0. The number of carbonyl (C=O) groups excluding carboxylic acids is 2. The number of hydrogen-bond donors (Lipinski definition) is 1. The topological polar surface area (TPSA) is 66.7 Å². The average Bonchev–Trinajstić information content (AvgIpc) is 2.95. The molecule has 1 N–H and O–H groups in total. The van der Waals surface area contributed by atoms with Crippen molar-refractivity contribution >= 4 is 17.3 Å². The summed E-state index contributed by atoms with van der Waals surface area (Å²) in [5, 5.41) is 2.88. The minimum Gasteiger partial charge on any atom is -0.349 e. The molecular weight excluding hydrogens is 304 g/mol. The van der Waals surface area contributed by atoms with E-state index in [1.54, 1.807) is 15.5 Å². The van der Waals surface area contributed by atoms with Gasteiger partial charge in [-0.2, -0.15) is 0 Å². The number of pyridine rings is 1. The van der Waals surface area contributed by atoms with Crippen molar-refractivity contribution in [2.24, 2.45) is 5.92 Å². The second-order valence-electron chi connectivity index (χ2n) is 6.16. The van der Waals surface area contributed by atoms with Crippen LogP contribution < -0.4 is 5.32 Å². The maximum atomic E-state index is 12.7. The second-order valence-corrected chi connectivity index (χ2v) is 6.16. The van der Waals surface area contributed by atoms with Crippen molar-refractivity contribution in [1.82, 2.24) is 19.6 Å². The average molecular weight is 330 g/mol. The van der Waals surface area contributed by atoms with Crippen LogP contribution in [0.1, 0.15) is 55.2 Å². The lowest BCUT2D eigenvalue weighted by atomic mass is 10.1. The van der Waals surface area contributed by atoms with Crippen LogP contribution in [0.5, 0.6) is 0 Å². The smallest absolute Gasteiger partial charge is 0.287 e. The highest BCUT2D eigenvalue weighted by atomic mass is 16.2. The normalized spacial score (nSPS) is 11.0. The van der Waals surface area contributed by atoms with E-state index in [0.717, 1.165) is 6.42 Å². The fourth-order valence-corrected chi connectivity index (χ4v) is 2.57.